The molecule has 0 spiro atoms. The summed E-state index contributed by atoms with van der Waals surface area (Å²) in [5.74, 6) is 0.297. The highest BCUT2D eigenvalue weighted by Gasteiger charge is 2.34. The van der Waals surface area contributed by atoms with Gasteiger partial charge in [-0.05, 0) is 18.6 Å². The van der Waals surface area contributed by atoms with Crippen molar-refractivity contribution < 1.29 is 13.2 Å². The third kappa shape index (κ3) is 3.10. The van der Waals surface area contributed by atoms with Crippen LogP contribution in [0.3, 0.4) is 0 Å². The van der Waals surface area contributed by atoms with Crippen LogP contribution in [0.1, 0.15) is 12.1 Å². The van der Waals surface area contributed by atoms with E-state index in [2.05, 4.69) is 20.2 Å². The quantitative estimate of drug-likeness (QED) is 0.713. The van der Waals surface area contributed by atoms with E-state index in [-0.39, 0.29) is 0 Å². The van der Waals surface area contributed by atoms with Crippen LogP contribution in [0.25, 0.3) is 22.5 Å². The summed E-state index contributed by atoms with van der Waals surface area (Å²) in [5.41, 5.74) is 0.895. The van der Waals surface area contributed by atoms with Crippen LogP contribution in [0.2, 0.25) is 0 Å². The van der Waals surface area contributed by atoms with Crippen molar-refractivity contribution in [1.82, 2.24) is 20.2 Å². The summed E-state index contributed by atoms with van der Waals surface area (Å²) in [6.45, 7) is 1.38. The molecule has 1 aliphatic rings. The van der Waals surface area contributed by atoms with Crippen molar-refractivity contribution in [2.75, 3.05) is 18.0 Å². The Morgan fingerprint density at radius 2 is 1.69 bits per heavy atom. The second-order valence-corrected chi connectivity index (χ2v) is 5.96. The minimum atomic E-state index is -4.54. The molecule has 0 unspecified atom stereocenters. The first-order chi connectivity index (χ1) is 12.5. The molecule has 5 nitrogen and oxygen atoms in total. The Hall–Kier alpha value is -3.03. The molecule has 0 amide bonds. The number of hydrogen-bond acceptors (Lipinski definition) is 5. The minimum absolute atomic E-state index is 0.297. The van der Waals surface area contributed by atoms with Crippen LogP contribution in [0, 0.1) is 0 Å². The van der Waals surface area contributed by atoms with E-state index < -0.39 is 11.9 Å². The summed E-state index contributed by atoms with van der Waals surface area (Å²) in [5, 5.41) is 7.84. The molecule has 3 aromatic rings. The lowest BCUT2D eigenvalue weighted by molar-refractivity contribution is -0.141. The van der Waals surface area contributed by atoms with Gasteiger partial charge >= 0.3 is 6.18 Å². The molecule has 0 aliphatic carbocycles. The smallest absolute Gasteiger partial charge is 0.356 e. The Labute approximate surface area is 147 Å². The maximum Gasteiger partial charge on any atom is 0.433 e. The van der Waals surface area contributed by atoms with Crippen molar-refractivity contribution in [3.05, 3.63) is 54.5 Å². The summed E-state index contributed by atoms with van der Waals surface area (Å²) < 4.78 is 40.0. The Balaban J connectivity index is 1.88. The van der Waals surface area contributed by atoms with E-state index in [1.54, 1.807) is 6.07 Å². The lowest BCUT2D eigenvalue weighted by Crippen LogP contribution is -2.38. The van der Waals surface area contributed by atoms with Crippen molar-refractivity contribution in [3.8, 4) is 22.5 Å². The summed E-state index contributed by atoms with van der Waals surface area (Å²) in [7, 11) is 0. The maximum atomic E-state index is 13.3. The minimum Gasteiger partial charge on any atom is -0.356 e. The van der Waals surface area contributed by atoms with Crippen LogP contribution < -0.4 is 4.90 Å². The van der Waals surface area contributed by atoms with Gasteiger partial charge in [-0.3, -0.25) is 0 Å². The van der Waals surface area contributed by atoms with Gasteiger partial charge in [0, 0.05) is 24.2 Å². The van der Waals surface area contributed by atoms with E-state index in [0.29, 0.717) is 35.9 Å². The monoisotopic (exact) mass is 357 g/mol. The topological polar surface area (TPSA) is 54.8 Å². The molecule has 8 heteroatoms. The molecule has 0 atom stereocenters. The van der Waals surface area contributed by atoms with Gasteiger partial charge in [-0.15, -0.1) is 10.2 Å². The van der Waals surface area contributed by atoms with Gasteiger partial charge in [-0.2, -0.15) is 13.2 Å². The number of hydrogen-bond donors (Lipinski definition) is 0. The van der Waals surface area contributed by atoms with Crippen molar-refractivity contribution in [1.29, 1.82) is 0 Å². The molecular formula is C18H14F3N5. The van der Waals surface area contributed by atoms with Crippen molar-refractivity contribution in [2.24, 2.45) is 0 Å². The SMILES string of the molecule is FC(F)(F)c1cc(-c2nncnc2-c2ccccc2)cc(N2CCC2)n1. The van der Waals surface area contributed by atoms with Crippen molar-refractivity contribution >= 4 is 5.82 Å². The number of halogens is 3. The molecule has 0 bridgehead atoms. The van der Waals surface area contributed by atoms with Gasteiger partial charge in [0.2, 0.25) is 0 Å². The molecule has 1 aromatic carbocycles. The van der Waals surface area contributed by atoms with Crippen LogP contribution in [0.4, 0.5) is 19.0 Å². The largest absolute Gasteiger partial charge is 0.433 e. The number of alkyl halides is 3. The van der Waals surface area contributed by atoms with Gasteiger partial charge in [0.25, 0.3) is 0 Å². The molecule has 4 rings (SSSR count). The Kier molecular flexibility index (Phi) is 4.02. The third-order valence-corrected chi connectivity index (χ3v) is 4.22. The van der Waals surface area contributed by atoms with Gasteiger partial charge in [0.1, 0.15) is 29.2 Å². The summed E-state index contributed by atoms with van der Waals surface area (Å²) in [6.07, 6.45) is -2.32. The van der Waals surface area contributed by atoms with Crippen LogP contribution in [0.5, 0.6) is 0 Å². The standard InChI is InChI=1S/C18H14F3N5/c19-18(20,21)14-9-13(10-15(24-14)26-7-4-8-26)17-16(22-11-23-25-17)12-5-2-1-3-6-12/h1-3,5-6,9-11H,4,7-8H2. The molecule has 132 valence electrons. The predicted octanol–water partition coefficient (Wildman–Crippen LogP) is 3.83. The average molecular weight is 357 g/mol. The van der Waals surface area contributed by atoms with E-state index in [0.717, 1.165) is 18.1 Å². The fourth-order valence-electron chi connectivity index (χ4n) is 2.78. The number of rotatable bonds is 3. The van der Waals surface area contributed by atoms with Crippen LogP contribution in [-0.2, 0) is 6.18 Å². The first kappa shape index (κ1) is 16.4. The van der Waals surface area contributed by atoms with Crippen LogP contribution in [0.15, 0.2) is 48.8 Å². The van der Waals surface area contributed by atoms with Gasteiger partial charge in [0.15, 0.2) is 0 Å². The Morgan fingerprint density at radius 3 is 2.35 bits per heavy atom. The second kappa shape index (κ2) is 6.36. The van der Waals surface area contributed by atoms with E-state index in [9.17, 15) is 13.2 Å². The molecule has 26 heavy (non-hydrogen) atoms. The average Bonchev–Trinajstić information content (AvgIpc) is 2.60. The zero-order valence-corrected chi connectivity index (χ0v) is 13.6. The number of anilines is 1. The van der Waals surface area contributed by atoms with Crippen LogP contribution in [-0.4, -0.2) is 33.3 Å². The zero-order chi connectivity index (χ0) is 18.1. The summed E-state index contributed by atoms with van der Waals surface area (Å²) >= 11 is 0. The highest BCUT2D eigenvalue weighted by atomic mass is 19.4. The summed E-state index contributed by atoms with van der Waals surface area (Å²) in [4.78, 5) is 9.83. The number of nitrogens with zero attached hydrogens (tertiary/aromatic N) is 5. The van der Waals surface area contributed by atoms with Gasteiger partial charge < -0.3 is 4.90 Å². The molecule has 0 radical (unpaired) electrons. The number of benzene rings is 1. The van der Waals surface area contributed by atoms with Crippen molar-refractivity contribution in [2.45, 2.75) is 12.6 Å². The molecule has 0 saturated carbocycles. The first-order valence-corrected chi connectivity index (χ1v) is 8.10. The van der Waals surface area contributed by atoms with E-state index in [1.807, 2.05) is 35.2 Å². The van der Waals surface area contributed by atoms with Gasteiger partial charge in [-0.25, -0.2) is 9.97 Å². The molecular weight excluding hydrogens is 343 g/mol. The lowest BCUT2D eigenvalue weighted by Gasteiger charge is -2.32. The number of pyridine rings is 1. The number of aromatic nitrogens is 4. The first-order valence-electron chi connectivity index (χ1n) is 8.10. The van der Waals surface area contributed by atoms with Crippen LogP contribution >= 0.6 is 0 Å². The van der Waals surface area contributed by atoms with Gasteiger partial charge in [-0.1, -0.05) is 30.3 Å². The van der Waals surface area contributed by atoms with E-state index >= 15 is 0 Å². The predicted molar refractivity (Wildman–Crippen MR) is 90.3 cm³/mol. The van der Waals surface area contributed by atoms with Crippen molar-refractivity contribution in [3.63, 3.8) is 0 Å². The Morgan fingerprint density at radius 1 is 0.923 bits per heavy atom. The Bertz CT molecular complexity index is 924. The molecule has 1 aliphatic heterocycles. The highest BCUT2D eigenvalue weighted by molar-refractivity contribution is 5.78. The zero-order valence-electron chi connectivity index (χ0n) is 13.6. The normalized spacial score (nSPS) is 14.2. The van der Waals surface area contributed by atoms with E-state index in [4.69, 9.17) is 0 Å². The highest BCUT2D eigenvalue weighted by Crippen LogP contribution is 2.36. The molecule has 1 fully saturated rings. The second-order valence-electron chi connectivity index (χ2n) is 5.96. The van der Waals surface area contributed by atoms with Gasteiger partial charge in [0.05, 0.1) is 0 Å². The summed E-state index contributed by atoms with van der Waals surface area (Å²) in [6, 6.07) is 11.8. The maximum absolute atomic E-state index is 13.3. The lowest BCUT2D eigenvalue weighted by atomic mass is 10.0. The molecule has 0 N–H and O–H groups in total. The fourth-order valence-corrected chi connectivity index (χ4v) is 2.78. The molecule has 1 saturated heterocycles. The van der Waals surface area contributed by atoms with E-state index in [1.165, 1.54) is 6.33 Å². The third-order valence-electron chi connectivity index (χ3n) is 4.22. The molecule has 2 aromatic heterocycles. The fraction of sp³-hybridized carbons (Fsp3) is 0.222. The molecule has 3 heterocycles.